The van der Waals surface area contributed by atoms with E-state index in [1.165, 1.54) is 11.3 Å². The van der Waals surface area contributed by atoms with Crippen molar-refractivity contribution in [2.24, 2.45) is 0 Å². The maximum atomic E-state index is 12.8. The molecule has 0 aliphatic carbocycles. The first-order valence-corrected chi connectivity index (χ1v) is 11.4. The minimum atomic E-state index is 0.0173. The number of carbonyl (C=O) groups is 2. The predicted molar refractivity (Wildman–Crippen MR) is 121 cm³/mol. The van der Waals surface area contributed by atoms with Crippen molar-refractivity contribution in [3.8, 4) is 11.1 Å². The van der Waals surface area contributed by atoms with Crippen LogP contribution in [0, 0.1) is 0 Å². The third-order valence-corrected chi connectivity index (χ3v) is 6.73. The van der Waals surface area contributed by atoms with Crippen LogP contribution in [-0.2, 0) is 0 Å². The lowest BCUT2D eigenvalue weighted by Gasteiger charge is -2.41. The van der Waals surface area contributed by atoms with Crippen molar-refractivity contribution in [2.75, 3.05) is 26.2 Å². The summed E-state index contributed by atoms with van der Waals surface area (Å²) in [5.41, 5.74) is 2.98. The molecule has 2 fully saturated rings. The van der Waals surface area contributed by atoms with Gasteiger partial charge in [-0.15, -0.1) is 11.3 Å². The largest absolute Gasteiger partial charge is 0.335 e. The van der Waals surface area contributed by atoms with Gasteiger partial charge in [0.05, 0.1) is 0 Å². The van der Waals surface area contributed by atoms with E-state index in [9.17, 15) is 9.59 Å². The minimum Gasteiger partial charge on any atom is -0.335 e. The van der Waals surface area contributed by atoms with Gasteiger partial charge >= 0.3 is 0 Å². The highest BCUT2D eigenvalue weighted by molar-refractivity contribution is 7.11. The normalized spacial score (nSPS) is 18.8. The number of benzene rings is 2. The standard InChI is InChI=1S/C24H24N4O2S/c29-23(19-8-6-18(7-9-19)17-4-2-1-3-5-17)28-15-21(16-28)26-20-10-12-27(14-20)24(30)22-25-11-13-31-22/h1-9,11,13,20-21,26H,10,12,14-16H2. The Morgan fingerprint density at radius 3 is 2.29 bits per heavy atom. The Morgan fingerprint density at radius 1 is 0.871 bits per heavy atom. The molecule has 158 valence electrons. The first-order chi connectivity index (χ1) is 15.2. The molecule has 0 spiro atoms. The Bertz CT molecular complexity index is 1050. The molecule has 1 aromatic heterocycles. The van der Waals surface area contributed by atoms with Crippen LogP contribution in [-0.4, -0.2) is 64.9 Å². The van der Waals surface area contributed by atoms with E-state index in [-0.39, 0.29) is 23.9 Å². The number of nitrogens with zero attached hydrogens (tertiary/aromatic N) is 3. The highest BCUT2D eigenvalue weighted by Crippen LogP contribution is 2.22. The molecule has 6 nitrogen and oxygen atoms in total. The van der Waals surface area contributed by atoms with E-state index in [0.717, 1.165) is 29.7 Å². The smallest absolute Gasteiger partial charge is 0.282 e. The fourth-order valence-electron chi connectivity index (χ4n) is 4.25. The van der Waals surface area contributed by atoms with Gasteiger partial charge in [0.2, 0.25) is 0 Å². The summed E-state index contributed by atoms with van der Waals surface area (Å²) >= 11 is 1.38. The van der Waals surface area contributed by atoms with Gasteiger partial charge in [-0.05, 0) is 29.7 Å². The van der Waals surface area contributed by atoms with Gasteiger partial charge in [-0.25, -0.2) is 4.98 Å². The lowest BCUT2D eigenvalue weighted by Crippen LogP contribution is -2.62. The van der Waals surface area contributed by atoms with Crippen LogP contribution in [0.1, 0.15) is 26.6 Å². The quantitative estimate of drug-likeness (QED) is 0.673. The van der Waals surface area contributed by atoms with E-state index in [2.05, 4.69) is 22.4 Å². The molecule has 2 aliphatic rings. The molecule has 0 saturated carbocycles. The van der Waals surface area contributed by atoms with Crippen molar-refractivity contribution in [2.45, 2.75) is 18.5 Å². The van der Waals surface area contributed by atoms with Gasteiger partial charge in [-0.1, -0.05) is 42.5 Å². The maximum Gasteiger partial charge on any atom is 0.282 e. The molecule has 1 unspecified atom stereocenters. The molecule has 2 aliphatic heterocycles. The zero-order chi connectivity index (χ0) is 21.2. The molecule has 2 amide bonds. The van der Waals surface area contributed by atoms with E-state index in [4.69, 9.17) is 0 Å². The Labute approximate surface area is 185 Å². The summed E-state index contributed by atoms with van der Waals surface area (Å²) in [6.07, 6.45) is 2.60. The van der Waals surface area contributed by atoms with Crippen LogP contribution in [0.25, 0.3) is 11.1 Å². The van der Waals surface area contributed by atoms with E-state index in [1.807, 2.05) is 57.6 Å². The second-order valence-corrected chi connectivity index (χ2v) is 8.99. The zero-order valence-electron chi connectivity index (χ0n) is 17.1. The summed E-state index contributed by atoms with van der Waals surface area (Å²) in [6.45, 7) is 2.86. The molecule has 2 aromatic carbocycles. The van der Waals surface area contributed by atoms with Crippen molar-refractivity contribution in [1.82, 2.24) is 20.1 Å². The van der Waals surface area contributed by atoms with Crippen LogP contribution in [0.5, 0.6) is 0 Å². The molecule has 0 bridgehead atoms. The van der Waals surface area contributed by atoms with E-state index in [1.54, 1.807) is 6.20 Å². The average molecular weight is 433 g/mol. The Hall–Kier alpha value is -3.03. The molecule has 7 heteroatoms. The Balaban J connectivity index is 1.10. The van der Waals surface area contributed by atoms with Gasteiger partial charge in [-0.3, -0.25) is 9.59 Å². The number of hydrogen-bond donors (Lipinski definition) is 1. The van der Waals surface area contributed by atoms with E-state index in [0.29, 0.717) is 24.6 Å². The molecule has 5 rings (SSSR count). The molecular formula is C24H24N4O2S. The van der Waals surface area contributed by atoms with Crippen LogP contribution in [0.4, 0.5) is 0 Å². The van der Waals surface area contributed by atoms with Crippen LogP contribution < -0.4 is 5.32 Å². The number of amides is 2. The Morgan fingerprint density at radius 2 is 1.58 bits per heavy atom. The zero-order valence-corrected chi connectivity index (χ0v) is 17.9. The fourth-order valence-corrected chi connectivity index (χ4v) is 4.85. The van der Waals surface area contributed by atoms with Crippen molar-refractivity contribution < 1.29 is 9.59 Å². The summed E-state index contributed by atoms with van der Waals surface area (Å²) in [5.74, 6) is 0.0910. The van der Waals surface area contributed by atoms with Crippen molar-refractivity contribution >= 4 is 23.2 Å². The fraction of sp³-hybridized carbons (Fsp3) is 0.292. The molecular weight excluding hydrogens is 408 g/mol. The van der Waals surface area contributed by atoms with Gasteiger partial charge in [-0.2, -0.15) is 0 Å². The van der Waals surface area contributed by atoms with Gasteiger partial charge in [0, 0.05) is 55.4 Å². The summed E-state index contributed by atoms with van der Waals surface area (Å²) < 4.78 is 0. The van der Waals surface area contributed by atoms with Crippen LogP contribution >= 0.6 is 11.3 Å². The molecule has 31 heavy (non-hydrogen) atoms. The number of thiazole rings is 1. The lowest BCUT2D eigenvalue weighted by molar-refractivity contribution is 0.0552. The summed E-state index contributed by atoms with van der Waals surface area (Å²) in [7, 11) is 0. The SMILES string of the molecule is O=C(c1ccc(-c2ccccc2)cc1)N1CC(NC2CCN(C(=O)c3nccs3)C2)C1. The number of rotatable bonds is 5. The first-order valence-electron chi connectivity index (χ1n) is 10.6. The molecule has 3 aromatic rings. The van der Waals surface area contributed by atoms with Crippen molar-refractivity contribution in [1.29, 1.82) is 0 Å². The third kappa shape index (κ3) is 4.24. The van der Waals surface area contributed by atoms with Crippen molar-refractivity contribution in [3.63, 3.8) is 0 Å². The van der Waals surface area contributed by atoms with Gasteiger partial charge in [0.25, 0.3) is 11.8 Å². The van der Waals surface area contributed by atoms with Crippen LogP contribution in [0.2, 0.25) is 0 Å². The first kappa shape index (κ1) is 19.9. The summed E-state index contributed by atoms with van der Waals surface area (Å²) in [6, 6.07) is 18.5. The van der Waals surface area contributed by atoms with Gasteiger partial charge in [0.15, 0.2) is 5.01 Å². The Kier molecular flexibility index (Phi) is 5.53. The molecule has 2 saturated heterocycles. The molecule has 1 N–H and O–H groups in total. The number of likely N-dealkylation sites (tertiary alicyclic amines) is 2. The summed E-state index contributed by atoms with van der Waals surface area (Å²) in [4.78, 5) is 33.1. The highest BCUT2D eigenvalue weighted by atomic mass is 32.1. The van der Waals surface area contributed by atoms with Crippen LogP contribution in [0.15, 0.2) is 66.2 Å². The molecule has 1 atom stereocenters. The number of aromatic nitrogens is 1. The third-order valence-electron chi connectivity index (χ3n) is 5.97. The monoisotopic (exact) mass is 432 g/mol. The number of nitrogens with one attached hydrogen (secondary N) is 1. The van der Waals surface area contributed by atoms with Crippen LogP contribution in [0.3, 0.4) is 0 Å². The van der Waals surface area contributed by atoms with Gasteiger partial charge < -0.3 is 15.1 Å². The topological polar surface area (TPSA) is 65.5 Å². The highest BCUT2D eigenvalue weighted by Gasteiger charge is 2.35. The molecule has 3 heterocycles. The predicted octanol–water partition coefficient (Wildman–Crippen LogP) is 3.14. The molecule has 0 radical (unpaired) electrons. The summed E-state index contributed by atoms with van der Waals surface area (Å²) in [5, 5.41) is 5.99. The average Bonchev–Trinajstić information content (AvgIpc) is 3.48. The second kappa shape index (κ2) is 8.61. The number of carbonyl (C=O) groups excluding carboxylic acids is 2. The lowest BCUT2D eigenvalue weighted by atomic mass is 10.0. The van der Waals surface area contributed by atoms with Crippen molar-refractivity contribution in [3.05, 3.63) is 76.7 Å². The number of hydrogen-bond acceptors (Lipinski definition) is 5. The minimum absolute atomic E-state index is 0.0173. The van der Waals surface area contributed by atoms with E-state index < -0.39 is 0 Å². The van der Waals surface area contributed by atoms with E-state index >= 15 is 0 Å². The second-order valence-electron chi connectivity index (χ2n) is 8.09. The van der Waals surface area contributed by atoms with Gasteiger partial charge in [0.1, 0.15) is 0 Å². The maximum absolute atomic E-state index is 12.8.